The van der Waals surface area contributed by atoms with Crippen LogP contribution in [0.3, 0.4) is 0 Å². The zero-order valence-electron chi connectivity index (χ0n) is 15.9. The van der Waals surface area contributed by atoms with E-state index in [1.54, 1.807) is 18.2 Å². The molecule has 3 fully saturated rings. The number of piperidine rings is 1. The SMILES string of the molecule is CC(C)(C)NC(=O)CN1C2CC1CN(CC(=O)Nc1cc(Cl)cc(Cl)c1)C2. The van der Waals surface area contributed by atoms with E-state index >= 15 is 0 Å². The molecule has 0 aliphatic carbocycles. The highest BCUT2D eigenvalue weighted by Crippen LogP contribution is 2.31. The van der Waals surface area contributed by atoms with Gasteiger partial charge in [-0.2, -0.15) is 0 Å². The number of carbonyl (C=O) groups is 2. The molecule has 2 atom stereocenters. The quantitative estimate of drug-likeness (QED) is 0.779. The van der Waals surface area contributed by atoms with Crippen LogP contribution < -0.4 is 10.6 Å². The van der Waals surface area contributed by atoms with E-state index in [2.05, 4.69) is 20.4 Å². The summed E-state index contributed by atoms with van der Waals surface area (Å²) in [6.45, 7) is 8.28. The summed E-state index contributed by atoms with van der Waals surface area (Å²) >= 11 is 11.9. The van der Waals surface area contributed by atoms with Crippen LogP contribution in [0.15, 0.2) is 18.2 Å². The Morgan fingerprint density at radius 3 is 2.19 bits per heavy atom. The number of piperazine rings is 1. The summed E-state index contributed by atoms with van der Waals surface area (Å²) in [5.74, 6) is -0.0344. The van der Waals surface area contributed by atoms with Crippen LogP contribution in [-0.2, 0) is 9.59 Å². The minimum atomic E-state index is -0.218. The molecular formula is C19H26Cl2N4O2. The lowest BCUT2D eigenvalue weighted by molar-refractivity contribution is -0.134. The van der Waals surface area contributed by atoms with Crippen LogP contribution in [0.2, 0.25) is 10.0 Å². The van der Waals surface area contributed by atoms with Crippen LogP contribution in [0, 0.1) is 0 Å². The summed E-state index contributed by atoms with van der Waals surface area (Å²) < 4.78 is 0. The zero-order chi connectivity index (χ0) is 19.8. The zero-order valence-corrected chi connectivity index (χ0v) is 17.4. The van der Waals surface area contributed by atoms with Crippen molar-refractivity contribution < 1.29 is 9.59 Å². The van der Waals surface area contributed by atoms with Crippen molar-refractivity contribution in [3.05, 3.63) is 28.2 Å². The molecule has 8 heteroatoms. The van der Waals surface area contributed by atoms with E-state index in [1.165, 1.54) is 0 Å². The monoisotopic (exact) mass is 412 g/mol. The molecule has 6 nitrogen and oxygen atoms in total. The van der Waals surface area contributed by atoms with E-state index in [4.69, 9.17) is 23.2 Å². The van der Waals surface area contributed by atoms with Crippen molar-refractivity contribution in [2.45, 2.75) is 44.8 Å². The number of hydrogen-bond acceptors (Lipinski definition) is 4. The Kier molecular flexibility index (Phi) is 6.01. The number of rotatable bonds is 5. The van der Waals surface area contributed by atoms with Crippen LogP contribution >= 0.6 is 23.2 Å². The third-order valence-electron chi connectivity index (χ3n) is 4.77. The average molecular weight is 413 g/mol. The molecule has 148 valence electrons. The van der Waals surface area contributed by atoms with Crippen LogP contribution in [0.25, 0.3) is 0 Å². The molecule has 0 radical (unpaired) electrons. The third-order valence-corrected chi connectivity index (χ3v) is 5.21. The van der Waals surface area contributed by atoms with Crippen molar-refractivity contribution in [3.63, 3.8) is 0 Å². The number of carbonyl (C=O) groups excluding carboxylic acids is 2. The Hall–Kier alpha value is -1.34. The molecule has 2 N–H and O–H groups in total. The number of hydrogen-bond donors (Lipinski definition) is 2. The Bertz CT molecular complexity index is 703. The molecule has 27 heavy (non-hydrogen) atoms. The van der Waals surface area contributed by atoms with Gasteiger partial charge in [-0.3, -0.25) is 19.4 Å². The Morgan fingerprint density at radius 1 is 1.04 bits per heavy atom. The van der Waals surface area contributed by atoms with E-state index in [0.717, 1.165) is 19.5 Å². The van der Waals surface area contributed by atoms with Gasteiger partial charge in [0.15, 0.2) is 0 Å². The van der Waals surface area contributed by atoms with Gasteiger partial charge in [0.2, 0.25) is 11.8 Å². The molecule has 0 spiro atoms. The van der Waals surface area contributed by atoms with Crippen molar-refractivity contribution in [1.29, 1.82) is 0 Å². The second-order valence-electron chi connectivity index (χ2n) is 8.41. The molecule has 4 rings (SSSR count). The molecule has 3 aliphatic rings. The third kappa shape index (κ3) is 5.57. The van der Waals surface area contributed by atoms with Crippen molar-refractivity contribution in [2.75, 3.05) is 31.5 Å². The first kappa shape index (κ1) is 20.4. The summed E-state index contributed by atoms with van der Waals surface area (Å²) in [7, 11) is 0. The van der Waals surface area contributed by atoms with E-state index in [1.807, 2.05) is 20.8 Å². The van der Waals surface area contributed by atoms with Gasteiger partial charge >= 0.3 is 0 Å². The van der Waals surface area contributed by atoms with Crippen LogP contribution in [0.1, 0.15) is 27.2 Å². The van der Waals surface area contributed by atoms with E-state index < -0.39 is 0 Å². The molecule has 3 aliphatic heterocycles. The number of nitrogens with zero attached hydrogens (tertiary/aromatic N) is 2. The Labute approximate surface area is 170 Å². The minimum absolute atomic E-state index is 0.0567. The molecule has 3 heterocycles. The summed E-state index contributed by atoms with van der Waals surface area (Å²) in [6, 6.07) is 5.65. The van der Waals surface area contributed by atoms with Crippen LogP contribution in [-0.4, -0.2) is 65.4 Å². The topological polar surface area (TPSA) is 64.7 Å². The van der Waals surface area contributed by atoms with Crippen molar-refractivity contribution in [3.8, 4) is 0 Å². The predicted octanol–water partition coefficient (Wildman–Crippen LogP) is 2.61. The van der Waals surface area contributed by atoms with E-state index in [0.29, 0.717) is 40.9 Å². The standard InChI is InChI=1S/C19H26Cl2N4O2/c1-19(2,3)23-18(27)11-25-15-7-16(25)9-24(8-15)10-17(26)22-14-5-12(20)4-13(21)6-14/h4-6,15-16H,7-11H2,1-3H3,(H,22,26)(H,23,27). The molecule has 0 saturated carbocycles. The summed E-state index contributed by atoms with van der Waals surface area (Å²) in [5, 5.41) is 6.82. The van der Waals surface area contributed by atoms with Crippen molar-refractivity contribution >= 4 is 40.7 Å². The van der Waals surface area contributed by atoms with Crippen molar-refractivity contribution in [1.82, 2.24) is 15.1 Å². The number of amides is 2. The van der Waals surface area contributed by atoms with Gasteiger partial charge in [-0.05, 0) is 45.4 Å². The normalized spacial score (nSPS) is 22.9. The molecule has 3 saturated heterocycles. The highest BCUT2D eigenvalue weighted by molar-refractivity contribution is 6.35. The Morgan fingerprint density at radius 2 is 1.63 bits per heavy atom. The largest absolute Gasteiger partial charge is 0.350 e. The highest BCUT2D eigenvalue weighted by atomic mass is 35.5. The first-order chi connectivity index (χ1) is 12.6. The minimum Gasteiger partial charge on any atom is -0.350 e. The molecular weight excluding hydrogens is 387 g/mol. The fraction of sp³-hybridized carbons (Fsp3) is 0.579. The maximum absolute atomic E-state index is 12.3. The molecule has 2 bridgehead atoms. The number of fused-ring (bicyclic) bond motifs is 2. The smallest absolute Gasteiger partial charge is 0.238 e. The predicted molar refractivity (Wildman–Crippen MR) is 108 cm³/mol. The van der Waals surface area contributed by atoms with Gasteiger partial charge in [-0.25, -0.2) is 0 Å². The fourth-order valence-electron chi connectivity index (χ4n) is 3.81. The van der Waals surface area contributed by atoms with Gasteiger partial charge in [-0.1, -0.05) is 23.2 Å². The van der Waals surface area contributed by atoms with Gasteiger partial charge in [0.1, 0.15) is 0 Å². The number of benzene rings is 1. The first-order valence-electron chi connectivity index (χ1n) is 9.14. The Balaban J connectivity index is 1.47. The molecule has 1 aromatic carbocycles. The molecule has 2 amide bonds. The van der Waals surface area contributed by atoms with E-state index in [-0.39, 0.29) is 17.4 Å². The van der Waals surface area contributed by atoms with Gasteiger partial charge in [0.25, 0.3) is 0 Å². The van der Waals surface area contributed by atoms with Crippen molar-refractivity contribution in [2.24, 2.45) is 0 Å². The fourth-order valence-corrected chi connectivity index (χ4v) is 4.34. The lowest BCUT2D eigenvalue weighted by Crippen LogP contribution is -2.70. The number of anilines is 1. The lowest BCUT2D eigenvalue weighted by Gasteiger charge is -2.56. The van der Waals surface area contributed by atoms with Gasteiger partial charge in [-0.15, -0.1) is 0 Å². The van der Waals surface area contributed by atoms with E-state index in [9.17, 15) is 9.59 Å². The first-order valence-corrected chi connectivity index (χ1v) is 9.90. The second-order valence-corrected chi connectivity index (χ2v) is 9.29. The van der Waals surface area contributed by atoms with Gasteiger partial charge in [0.05, 0.1) is 13.1 Å². The van der Waals surface area contributed by atoms with Crippen LogP contribution in [0.5, 0.6) is 0 Å². The summed E-state index contributed by atoms with van der Waals surface area (Å²) in [6.07, 6.45) is 1.09. The van der Waals surface area contributed by atoms with Gasteiger partial charge < -0.3 is 10.6 Å². The average Bonchev–Trinajstić information content (AvgIpc) is 2.49. The molecule has 1 aromatic rings. The molecule has 2 unspecified atom stereocenters. The number of halogens is 2. The summed E-state index contributed by atoms with van der Waals surface area (Å²) in [4.78, 5) is 28.9. The maximum atomic E-state index is 12.3. The molecule has 0 aromatic heterocycles. The second kappa shape index (κ2) is 7.95. The highest BCUT2D eigenvalue weighted by Gasteiger charge is 2.45. The summed E-state index contributed by atoms with van der Waals surface area (Å²) in [5.41, 5.74) is 0.380. The maximum Gasteiger partial charge on any atom is 0.238 e. The lowest BCUT2D eigenvalue weighted by atomic mass is 9.87. The van der Waals surface area contributed by atoms with Gasteiger partial charge in [0, 0.05) is 46.4 Å². The number of nitrogens with one attached hydrogen (secondary N) is 2. The van der Waals surface area contributed by atoms with Crippen LogP contribution in [0.4, 0.5) is 5.69 Å².